The quantitative estimate of drug-likeness (QED) is 0.485. The average Bonchev–Trinajstić information content (AvgIpc) is 2.80. The number of amides is 1. The van der Waals surface area contributed by atoms with Crippen molar-refractivity contribution in [2.75, 3.05) is 0 Å². The number of carbonyl (C=O) groups is 2. The van der Waals surface area contributed by atoms with Gasteiger partial charge in [0.25, 0.3) is 0 Å². The number of hydrogen-bond acceptors (Lipinski definition) is 4. The number of carbonyl (C=O) groups excluding carboxylic acids is 1. The summed E-state index contributed by atoms with van der Waals surface area (Å²) in [6.07, 6.45) is 2.49. The standard InChI is InChI=1S/C9H6Br2N2O4/c10-5(7(11)9(15)16)4-12-13-8(14)6-2-1-3-17-6/h1-4H,(H,13,14)(H,15,16)/b7-5+,12-4+. The summed E-state index contributed by atoms with van der Waals surface area (Å²) in [5.74, 6) is -1.57. The number of hydrazone groups is 1. The van der Waals surface area contributed by atoms with E-state index in [4.69, 9.17) is 9.52 Å². The van der Waals surface area contributed by atoms with Gasteiger partial charge in [-0.25, -0.2) is 10.2 Å². The van der Waals surface area contributed by atoms with E-state index in [2.05, 4.69) is 42.4 Å². The van der Waals surface area contributed by atoms with Crippen molar-refractivity contribution in [2.24, 2.45) is 5.10 Å². The van der Waals surface area contributed by atoms with Crippen LogP contribution in [-0.2, 0) is 4.79 Å². The minimum absolute atomic E-state index is 0.103. The summed E-state index contributed by atoms with van der Waals surface area (Å²) < 4.78 is 4.91. The zero-order valence-electron chi connectivity index (χ0n) is 8.18. The lowest BCUT2D eigenvalue weighted by Crippen LogP contribution is -2.16. The number of rotatable bonds is 4. The molecule has 0 aliphatic carbocycles. The highest BCUT2D eigenvalue weighted by Gasteiger charge is 2.08. The molecule has 0 unspecified atom stereocenters. The Hall–Kier alpha value is -1.41. The first-order valence-corrected chi connectivity index (χ1v) is 5.76. The van der Waals surface area contributed by atoms with E-state index in [1.807, 2.05) is 0 Å². The molecule has 0 saturated carbocycles. The van der Waals surface area contributed by atoms with Crippen molar-refractivity contribution in [2.45, 2.75) is 0 Å². The van der Waals surface area contributed by atoms with E-state index in [1.165, 1.54) is 12.3 Å². The van der Waals surface area contributed by atoms with Crippen LogP contribution in [0.4, 0.5) is 0 Å². The molecule has 2 N–H and O–H groups in total. The maximum absolute atomic E-state index is 11.3. The fourth-order valence-corrected chi connectivity index (χ4v) is 1.14. The summed E-state index contributed by atoms with van der Waals surface area (Å²) in [6.45, 7) is 0. The molecule has 0 fully saturated rings. The van der Waals surface area contributed by atoms with E-state index in [1.54, 1.807) is 6.07 Å². The Morgan fingerprint density at radius 1 is 1.47 bits per heavy atom. The maximum atomic E-state index is 11.3. The van der Waals surface area contributed by atoms with E-state index in [0.717, 1.165) is 6.21 Å². The monoisotopic (exact) mass is 364 g/mol. The van der Waals surface area contributed by atoms with Gasteiger partial charge in [0.15, 0.2) is 5.76 Å². The third kappa shape index (κ3) is 4.16. The van der Waals surface area contributed by atoms with E-state index >= 15 is 0 Å². The molecule has 1 aromatic rings. The second kappa shape index (κ2) is 6.36. The highest BCUT2D eigenvalue weighted by atomic mass is 79.9. The van der Waals surface area contributed by atoms with Gasteiger partial charge in [0.05, 0.1) is 17.0 Å². The van der Waals surface area contributed by atoms with E-state index in [0.29, 0.717) is 0 Å². The number of carboxylic acids is 1. The van der Waals surface area contributed by atoms with E-state index < -0.39 is 11.9 Å². The molecule has 90 valence electrons. The van der Waals surface area contributed by atoms with Gasteiger partial charge in [-0.3, -0.25) is 4.79 Å². The lowest BCUT2D eigenvalue weighted by Gasteiger charge is -1.95. The molecular formula is C9H6Br2N2O4. The third-order valence-corrected chi connectivity index (χ3v) is 3.39. The topological polar surface area (TPSA) is 91.9 Å². The van der Waals surface area contributed by atoms with Crippen LogP contribution in [0.2, 0.25) is 0 Å². The molecule has 6 nitrogen and oxygen atoms in total. The number of hydrogen-bond donors (Lipinski definition) is 2. The van der Waals surface area contributed by atoms with Crippen LogP contribution in [0.25, 0.3) is 0 Å². The van der Waals surface area contributed by atoms with Crippen molar-refractivity contribution in [3.8, 4) is 0 Å². The molecule has 0 spiro atoms. The normalized spacial score (nSPS) is 12.4. The number of furan rings is 1. The SMILES string of the molecule is O=C(O)/C(Br)=C(Br)/C=N/NC(=O)c1ccco1. The second-order valence-electron chi connectivity index (χ2n) is 2.64. The fourth-order valence-electron chi connectivity index (χ4n) is 0.769. The fraction of sp³-hybridized carbons (Fsp3) is 0. The van der Waals surface area contributed by atoms with Gasteiger partial charge in [-0.15, -0.1) is 0 Å². The minimum atomic E-state index is -1.15. The lowest BCUT2D eigenvalue weighted by atomic mass is 10.4. The van der Waals surface area contributed by atoms with Gasteiger partial charge >= 0.3 is 11.9 Å². The lowest BCUT2D eigenvalue weighted by molar-refractivity contribution is -0.131. The zero-order valence-corrected chi connectivity index (χ0v) is 11.4. The Kier molecular flexibility index (Phi) is 5.11. The Morgan fingerprint density at radius 2 is 2.18 bits per heavy atom. The average molecular weight is 366 g/mol. The number of aliphatic carboxylic acids is 1. The molecule has 0 aromatic carbocycles. The van der Waals surface area contributed by atoms with Crippen molar-refractivity contribution in [1.82, 2.24) is 5.43 Å². The van der Waals surface area contributed by atoms with Gasteiger partial charge in [0, 0.05) is 0 Å². The molecule has 1 heterocycles. The van der Waals surface area contributed by atoms with Gasteiger partial charge in [-0.05, 0) is 44.0 Å². The van der Waals surface area contributed by atoms with Crippen molar-refractivity contribution >= 4 is 50.0 Å². The van der Waals surface area contributed by atoms with Crippen LogP contribution in [0.1, 0.15) is 10.6 Å². The number of nitrogens with zero attached hydrogens (tertiary/aromatic N) is 1. The number of allylic oxidation sites excluding steroid dienone is 1. The van der Waals surface area contributed by atoms with Gasteiger partial charge < -0.3 is 9.52 Å². The summed E-state index contributed by atoms with van der Waals surface area (Å²) in [5, 5.41) is 12.2. The third-order valence-electron chi connectivity index (χ3n) is 1.49. The molecular weight excluding hydrogens is 360 g/mol. The second-order valence-corrected chi connectivity index (χ2v) is 4.29. The zero-order chi connectivity index (χ0) is 12.8. The van der Waals surface area contributed by atoms with Gasteiger partial charge in [0.1, 0.15) is 4.48 Å². The van der Waals surface area contributed by atoms with E-state index in [-0.39, 0.29) is 14.7 Å². The molecule has 1 amide bonds. The highest BCUT2D eigenvalue weighted by Crippen LogP contribution is 2.15. The van der Waals surface area contributed by atoms with Crippen LogP contribution < -0.4 is 5.43 Å². The predicted molar refractivity (Wildman–Crippen MR) is 67.2 cm³/mol. The summed E-state index contributed by atoms with van der Waals surface area (Å²) in [6, 6.07) is 3.04. The van der Waals surface area contributed by atoms with Crippen LogP contribution >= 0.6 is 31.9 Å². The highest BCUT2D eigenvalue weighted by molar-refractivity contribution is 9.14. The van der Waals surface area contributed by atoms with Crippen LogP contribution in [0.15, 0.2) is 36.9 Å². The van der Waals surface area contributed by atoms with Crippen molar-refractivity contribution in [1.29, 1.82) is 0 Å². The smallest absolute Gasteiger partial charge is 0.344 e. The molecule has 0 aliphatic rings. The summed E-state index contributed by atoms with van der Waals surface area (Å²) in [4.78, 5) is 21.8. The van der Waals surface area contributed by atoms with Crippen molar-refractivity contribution in [3.63, 3.8) is 0 Å². The van der Waals surface area contributed by atoms with Crippen LogP contribution in [0.5, 0.6) is 0 Å². The van der Waals surface area contributed by atoms with Gasteiger partial charge in [0.2, 0.25) is 0 Å². The molecule has 0 bridgehead atoms. The number of nitrogens with one attached hydrogen (secondary N) is 1. The molecule has 0 saturated heterocycles. The van der Waals surface area contributed by atoms with Crippen LogP contribution in [-0.4, -0.2) is 23.2 Å². The largest absolute Gasteiger partial charge is 0.477 e. The van der Waals surface area contributed by atoms with Crippen LogP contribution in [0.3, 0.4) is 0 Å². The van der Waals surface area contributed by atoms with Gasteiger partial charge in [-0.1, -0.05) is 0 Å². The van der Waals surface area contributed by atoms with Gasteiger partial charge in [-0.2, -0.15) is 5.10 Å². The van der Waals surface area contributed by atoms with Crippen molar-refractivity contribution in [3.05, 3.63) is 33.1 Å². The predicted octanol–water partition coefficient (Wildman–Crippen LogP) is 2.08. The summed E-state index contributed by atoms with van der Waals surface area (Å²) in [7, 11) is 0. The number of halogens is 2. The first-order valence-electron chi connectivity index (χ1n) is 4.18. The molecule has 0 aliphatic heterocycles. The van der Waals surface area contributed by atoms with Crippen molar-refractivity contribution < 1.29 is 19.1 Å². The molecule has 1 aromatic heterocycles. The van der Waals surface area contributed by atoms with E-state index in [9.17, 15) is 9.59 Å². The summed E-state index contributed by atoms with van der Waals surface area (Å²) >= 11 is 5.79. The molecule has 17 heavy (non-hydrogen) atoms. The molecule has 0 atom stereocenters. The molecule has 1 rings (SSSR count). The Morgan fingerprint density at radius 3 is 2.71 bits per heavy atom. The Balaban J connectivity index is 2.60. The number of carboxylic acid groups (broad SMARTS) is 1. The van der Waals surface area contributed by atoms with Crippen LogP contribution in [0, 0.1) is 0 Å². The molecule has 8 heteroatoms. The first kappa shape index (κ1) is 13.7. The Bertz CT molecular complexity index is 479. The maximum Gasteiger partial charge on any atom is 0.344 e. The minimum Gasteiger partial charge on any atom is -0.477 e. The first-order chi connectivity index (χ1) is 8.02. The molecule has 0 radical (unpaired) electrons. The Labute approximate surface area is 113 Å². The summed E-state index contributed by atoms with van der Waals surface area (Å²) in [5.41, 5.74) is 2.17.